The topological polar surface area (TPSA) is 27.7 Å². The van der Waals surface area contributed by atoms with Gasteiger partial charge in [-0.05, 0) is 49.7 Å². The SMILES string of the molecule is Cc1ccc(OP(Oc2ccccc2)Oc2ccccc2C)cc1. The van der Waals surface area contributed by atoms with Gasteiger partial charge in [0.05, 0.1) is 0 Å². The molecule has 0 radical (unpaired) electrons. The Morgan fingerprint density at radius 3 is 1.83 bits per heavy atom. The van der Waals surface area contributed by atoms with E-state index in [1.165, 1.54) is 5.56 Å². The van der Waals surface area contributed by atoms with Gasteiger partial charge in [-0.1, -0.05) is 54.1 Å². The molecule has 24 heavy (non-hydrogen) atoms. The van der Waals surface area contributed by atoms with Crippen molar-refractivity contribution in [1.82, 2.24) is 0 Å². The maximum atomic E-state index is 6.00. The summed E-state index contributed by atoms with van der Waals surface area (Å²) in [6, 6.07) is 25.2. The van der Waals surface area contributed by atoms with Crippen LogP contribution >= 0.6 is 8.60 Å². The molecule has 0 spiro atoms. The molecule has 0 saturated carbocycles. The van der Waals surface area contributed by atoms with Gasteiger partial charge >= 0.3 is 8.60 Å². The Labute approximate surface area is 143 Å². The van der Waals surface area contributed by atoms with Crippen molar-refractivity contribution in [3.8, 4) is 17.2 Å². The number of para-hydroxylation sites is 2. The predicted molar refractivity (Wildman–Crippen MR) is 97.6 cm³/mol. The molecule has 0 saturated heterocycles. The summed E-state index contributed by atoms with van der Waals surface area (Å²) >= 11 is 0. The molecule has 3 aromatic carbocycles. The molecule has 0 N–H and O–H groups in total. The Morgan fingerprint density at radius 2 is 1.17 bits per heavy atom. The van der Waals surface area contributed by atoms with E-state index in [4.69, 9.17) is 13.6 Å². The third-order valence-corrected chi connectivity index (χ3v) is 4.46. The van der Waals surface area contributed by atoms with Gasteiger partial charge in [0.1, 0.15) is 17.2 Å². The van der Waals surface area contributed by atoms with E-state index in [0.29, 0.717) is 5.75 Å². The standard InChI is InChI=1S/C20H19O3P/c1-16-12-14-19(15-13-16)22-24(21-18-9-4-3-5-10-18)23-20-11-7-6-8-17(20)2/h3-15H,1-2H3. The minimum Gasteiger partial charge on any atom is -0.409 e. The molecule has 0 amide bonds. The molecule has 0 aliphatic rings. The lowest BCUT2D eigenvalue weighted by molar-refractivity contribution is 0.387. The number of aryl methyl sites for hydroxylation is 2. The highest BCUT2D eigenvalue weighted by Crippen LogP contribution is 2.42. The zero-order valence-electron chi connectivity index (χ0n) is 13.7. The highest BCUT2D eigenvalue weighted by molar-refractivity contribution is 7.43. The van der Waals surface area contributed by atoms with Crippen LogP contribution < -0.4 is 13.6 Å². The molecule has 0 aromatic heterocycles. The summed E-state index contributed by atoms with van der Waals surface area (Å²) in [5.74, 6) is 2.19. The molecule has 4 heteroatoms. The summed E-state index contributed by atoms with van der Waals surface area (Å²) < 4.78 is 17.9. The molecule has 0 heterocycles. The van der Waals surface area contributed by atoms with Gasteiger partial charge in [0, 0.05) is 0 Å². The fourth-order valence-electron chi connectivity index (χ4n) is 2.05. The van der Waals surface area contributed by atoms with Crippen molar-refractivity contribution in [3.63, 3.8) is 0 Å². The Kier molecular flexibility index (Phi) is 5.35. The average Bonchev–Trinajstić information content (AvgIpc) is 2.60. The molecule has 122 valence electrons. The summed E-state index contributed by atoms with van der Waals surface area (Å²) in [4.78, 5) is 0. The molecule has 0 bridgehead atoms. The molecule has 0 aliphatic carbocycles. The van der Waals surface area contributed by atoms with Crippen LogP contribution in [0.25, 0.3) is 0 Å². The highest BCUT2D eigenvalue weighted by Gasteiger charge is 2.20. The Balaban J connectivity index is 1.80. The van der Waals surface area contributed by atoms with Gasteiger partial charge in [-0.15, -0.1) is 0 Å². The smallest absolute Gasteiger partial charge is 0.409 e. The molecule has 1 unspecified atom stereocenters. The maximum Gasteiger partial charge on any atom is 0.530 e. The van der Waals surface area contributed by atoms with Crippen molar-refractivity contribution in [2.24, 2.45) is 0 Å². The van der Waals surface area contributed by atoms with Crippen LogP contribution in [0, 0.1) is 13.8 Å². The van der Waals surface area contributed by atoms with Gasteiger partial charge in [0.15, 0.2) is 0 Å². The molecule has 3 rings (SSSR count). The second kappa shape index (κ2) is 7.85. The number of hydrogen-bond donors (Lipinski definition) is 0. The number of benzene rings is 3. The molecular formula is C20H19O3P. The summed E-state index contributed by atoms with van der Waals surface area (Å²) in [7, 11) is -1.62. The normalized spacial score (nSPS) is 11.6. The lowest BCUT2D eigenvalue weighted by Crippen LogP contribution is -2.03. The second-order valence-electron chi connectivity index (χ2n) is 5.39. The maximum absolute atomic E-state index is 6.00. The minimum atomic E-state index is -1.62. The van der Waals surface area contributed by atoms with Gasteiger partial charge < -0.3 is 13.6 Å². The van der Waals surface area contributed by atoms with E-state index in [-0.39, 0.29) is 0 Å². The van der Waals surface area contributed by atoms with Crippen LogP contribution in [0.1, 0.15) is 11.1 Å². The molecule has 0 aliphatic heterocycles. The summed E-state index contributed by atoms with van der Waals surface area (Å²) in [5.41, 5.74) is 2.21. The van der Waals surface area contributed by atoms with Crippen LogP contribution in [0.2, 0.25) is 0 Å². The lowest BCUT2D eigenvalue weighted by atomic mass is 10.2. The van der Waals surface area contributed by atoms with Crippen molar-refractivity contribution < 1.29 is 13.6 Å². The van der Waals surface area contributed by atoms with E-state index in [2.05, 4.69) is 0 Å². The Bertz CT molecular complexity index is 772. The zero-order chi connectivity index (χ0) is 16.8. The lowest BCUT2D eigenvalue weighted by Gasteiger charge is -2.18. The molecule has 1 atom stereocenters. The fraction of sp³-hybridized carbons (Fsp3) is 0.100. The van der Waals surface area contributed by atoms with Crippen molar-refractivity contribution in [2.75, 3.05) is 0 Å². The monoisotopic (exact) mass is 338 g/mol. The molecular weight excluding hydrogens is 319 g/mol. The fourth-order valence-corrected chi connectivity index (χ4v) is 3.11. The van der Waals surface area contributed by atoms with E-state index in [0.717, 1.165) is 17.1 Å². The van der Waals surface area contributed by atoms with Gasteiger partial charge in [-0.25, -0.2) is 0 Å². The Morgan fingerprint density at radius 1 is 0.583 bits per heavy atom. The quantitative estimate of drug-likeness (QED) is 0.511. The first-order valence-electron chi connectivity index (χ1n) is 7.72. The third-order valence-electron chi connectivity index (χ3n) is 3.39. The van der Waals surface area contributed by atoms with Crippen molar-refractivity contribution in [1.29, 1.82) is 0 Å². The average molecular weight is 338 g/mol. The highest BCUT2D eigenvalue weighted by atomic mass is 31.2. The Hall–Kier alpha value is -2.51. The summed E-state index contributed by atoms with van der Waals surface area (Å²) in [5, 5.41) is 0. The van der Waals surface area contributed by atoms with E-state index in [1.807, 2.05) is 92.7 Å². The molecule has 0 fully saturated rings. The van der Waals surface area contributed by atoms with Gasteiger partial charge in [0.2, 0.25) is 0 Å². The predicted octanol–water partition coefficient (Wildman–Crippen LogP) is 6.07. The van der Waals surface area contributed by atoms with E-state index < -0.39 is 8.60 Å². The summed E-state index contributed by atoms with van der Waals surface area (Å²) in [6.07, 6.45) is 0. The number of hydrogen-bond acceptors (Lipinski definition) is 3. The number of rotatable bonds is 6. The first-order valence-corrected chi connectivity index (χ1v) is 8.81. The zero-order valence-corrected chi connectivity index (χ0v) is 14.6. The van der Waals surface area contributed by atoms with Gasteiger partial charge in [0.25, 0.3) is 0 Å². The van der Waals surface area contributed by atoms with Gasteiger partial charge in [-0.3, -0.25) is 0 Å². The van der Waals surface area contributed by atoms with Crippen molar-refractivity contribution in [2.45, 2.75) is 13.8 Å². The van der Waals surface area contributed by atoms with Crippen LogP contribution in [0.3, 0.4) is 0 Å². The minimum absolute atomic E-state index is 0.712. The van der Waals surface area contributed by atoms with Crippen LogP contribution in [-0.2, 0) is 0 Å². The van der Waals surface area contributed by atoms with Crippen LogP contribution in [0.4, 0.5) is 0 Å². The van der Waals surface area contributed by atoms with E-state index in [9.17, 15) is 0 Å². The van der Waals surface area contributed by atoms with Crippen LogP contribution in [0.5, 0.6) is 17.2 Å². The third kappa shape index (κ3) is 4.50. The summed E-state index contributed by atoms with van der Waals surface area (Å²) in [6.45, 7) is 4.04. The van der Waals surface area contributed by atoms with Crippen LogP contribution in [-0.4, -0.2) is 0 Å². The first kappa shape index (κ1) is 16.4. The van der Waals surface area contributed by atoms with E-state index >= 15 is 0 Å². The molecule has 3 aromatic rings. The first-order chi connectivity index (χ1) is 11.7. The van der Waals surface area contributed by atoms with Crippen molar-refractivity contribution in [3.05, 3.63) is 90.0 Å². The molecule has 3 nitrogen and oxygen atoms in total. The largest absolute Gasteiger partial charge is 0.530 e. The second-order valence-corrected chi connectivity index (χ2v) is 6.38. The van der Waals surface area contributed by atoms with Crippen molar-refractivity contribution >= 4 is 8.60 Å². The van der Waals surface area contributed by atoms with Gasteiger partial charge in [-0.2, -0.15) is 0 Å². The van der Waals surface area contributed by atoms with Crippen LogP contribution in [0.15, 0.2) is 78.9 Å². The van der Waals surface area contributed by atoms with E-state index in [1.54, 1.807) is 0 Å².